The molecule has 0 unspecified atom stereocenters. The van der Waals surface area contributed by atoms with Crippen LogP contribution in [0.3, 0.4) is 0 Å². The zero-order valence-electron chi connectivity index (χ0n) is 10.4. The highest BCUT2D eigenvalue weighted by Gasteiger charge is 2.16. The molecule has 0 aliphatic heterocycles. The molecule has 0 fully saturated rings. The first-order chi connectivity index (χ1) is 9.18. The van der Waals surface area contributed by atoms with E-state index in [4.69, 9.17) is 11.6 Å². The molecule has 94 valence electrons. The van der Waals surface area contributed by atoms with Crippen LogP contribution < -0.4 is 0 Å². The molecule has 3 aromatic rings. The average molecular weight is 270 g/mol. The van der Waals surface area contributed by atoms with E-state index in [9.17, 15) is 4.79 Å². The molecule has 19 heavy (non-hydrogen) atoms. The van der Waals surface area contributed by atoms with Gasteiger partial charge in [0.2, 0.25) is 0 Å². The number of hydrogen-bond acceptors (Lipinski definition) is 1. The topological polar surface area (TPSA) is 22.0 Å². The Balaban J connectivity index is 2.23. The number of rotatable bonds is 1. The van der Waals surface area contributed by atoms with Gasteiger partial charge in [-0.05, 0) is 31.2 Å². The number of nitrogens with zero attached hydrogens (tertiary/aromatic N) is 1. The number of benzene rings is 2. The highest BCUT2D eigenvalue weighted by molar-refractivity contribution is 6.34. The molecule has 0 aliphatic carbocycles. The zero-order chi connectivity index (χ0) is 13.4. The van der Waals surface area contributed by atoms with Gasteiger partial charge >= 0.3 is 0 Å². The van der Waals surface area contributed by atoms with Gasteiger partial charge in [0.05, 0.1) is 16.1 Å². The van der Waals surface area contributed by atoms with Crippen molar-refractivity contribution < 1.29 is 4.79 Å². The fourth-order valence-electron chi connectivity index (χ4n) is 2.32. The third-order valence-corrected chi connectivity index (χ3v) is 3.53. The quantitative estimate of drug-likeness (QED) is 0.646. The number of carbonyl (C=O) groups is 1. The van der Waals surface area contributed by atoms with Crippen molar-refractivity contribution in [1.82, 2.24) is 4.57 Å². The third kappa shape index (κ3) is 1.94. The molecule has 0 aliphatic rings. The summed E-state index contributed by atoms with van der Waals surface area (Å²) in [6.45, 7) is 1.93. The lowest BCUT2D eigenvalue weighted by atomic mass is 10.2. The first kappa shape index (κ1) is 12.0. The summed E-state index contributed by atoms with van der Waals surface area (Å²) >= 11 is 6.11. The molecule has 2 aromatic carbocycles. The Morgan fingerprint density at radius 2 is 1.74 bits per heavy atom. The minimum atomic E-state index is -0.0932. The van der Waals surface area contributed by atoms with Crippen LogP contribution in [-0.4, -0.2) is 10.5 Å². The number of aromatic nitrogens is 1. The van der Waals surface area contributed by atoms with Crippen LogP contribution in [0.2, 0.25) is 5.02 Å². The van der Waals surface area contributed by atoms with Gasteiger partial charge in [0.15, 0.2) is 0 Å². The van der Waals surface area contributed by atoms with E-state index < -0.39 is 0 Å². The summed E-state index contributed by atoms with van der Waals surface area (Å²) in [6.07, 6.45) is 0. The number of para-hydroxylation sites is 1. The Hall–Kier alpha value is -2.06. The van der Waals surface area contributed by atoms with Crippen LogP contribution in [-0.2, 0) is 0 Å². The van der Waals surface area contributed by atoms with Gasteiger partial charge in [0, 0.05) is 11.1 Å². The van der Waals surface area contributed by atoms with Crippen LogP contribution >= 0.6 is 11.6 Å². The lowest BCUT2D eigenvalue weighted by Crippen LogP contribution is -2.13. The standard InChI is InChI=1S/C16H12ClNO/c1-11-10-12-6-2-5-9-15(12)18(11)16(19)13-7-3-4-8-14(13)17/h2-10H,1H3. The Morgan fingerprint density at radius 1 is 1.05 bits per heavy atom. The van der Waals surface area contributed by atoms with Crippen molar-refractivity contribution in [2.75, 3.05) is 0 Å². The van der Waals surface area contributed by atoms with E-state index in [-0.39, 0.29) is 5.91 Å². The monoisotopic (exact) mass is 269 g/mol. The number of carbonyl (C=O) groups excluding carboxylic acids is 1. The number of halogens is 1. The molecule has 3 rings (SSSR count). The van der Waals surface area contributed by atoms with Crippen LogP contribution in [0.25, 0.3) is 10.9 Å². The summed E-state index contributed by atoms with van der Waals surface area (Å²) in [5.41, 5.74) is 2.34. The van der Waals surface area contributed by atoms with E-state index in [0.717, 1.165) is 16.6 Å². The molecule has 0 saturated heterocycles. The molecule has 0 N–H and O–H groups in total. The summed E-state index contributed by atoms with van der Waals surface area (Å²) in [5, 5.41) is 1.53. The smallest absolute Gasteiger partial charge is 0.264 e. The molecule has 0 radical (unpaired) electrons. The lowest BCUT2D eigenvalue weighted by Gasteiger charge is -2.08. The molecule has 0 atom stereocenters. The Labute approximate surface area is 116 Å². The normalized spacial score (nSPS) is 10.8. The first-order valence-electron chi connectivity index (χ1n) is 6.05. The van der Waals surface area contributed by atoms with Gasteiger partial charge in [-0.3, -0.25) is 9.36 Å². The second-order valence-corrected chi connectivity index (χ2v) is 4.87. The van der Waals surface area contributed by atoms with Crippen LogP contribution in [0.1, 0.15) is 16.1 Å². The second-order valence-electron chi connectivity index (χ2n) is 4.46. The lowest BCUT2D eigenvalue weighted by molar-refractivity contribution is 0.0963. The van der Waals surface area contributed by atoms with Crippen LogP contribution in [0, 0.1) is 6.92 Å². The molecular weight excluding hydrogens is 258 g/mol. The van der Waals surface area contributed by atoms with E-state index in [2.05, 4.69) is 0 Å². The van der Waals surface area contributed by atoms with Crippen molar-refractivity contribution in [3.8, 4) is 0 Å². The zero-order valence-corrected chi connectivity index (χ0v) is 11.2. The molecule has 0 amide bonds. The van der Waals surface area contributed by atoms with E-state index in [1.807, 2.05) is 49.4 Å². The fourth-order valence-corrected chi connectivity index (χ4v) is 2.53. The first-order valence-corrected chi connectivity index (χ1v) is 6.42. The third-order valence-electron chi connectivity index (χ3n) is 3.20. The molecule has 0 bridgehead atoms. The van der Waals surface area contributed by atoms with Crippen molar-refractivity contribution in [2.24, 2.45) is 0 Å². The number of fused-ring (bicyclic) bond motifs is 1. The second kappa shape index (κ2) is 4.56. The summed E-state index contributed by atoms with van der Waals surface area (Å²) in [7, 11) is 0. The number of aryl methyl sites for hydroxylation is 1. The summed E-state index contributed by atoms with van der Waals surface area (Å²) in [5.74, 6) is -0.0932. The summed E-state index contributed by atoms with van der Waals surface area (Å²) < 4.78 is 1.70. The largest absolute Gasteiger partial charge is 0.280 e. The minimum absolute atomic E-state index is 0.0932. The Morgan fingerprint density at radius 3 is 2.53 bits per heavy atom. The van der Waals surface area contributed by atoms with Gasteiger partial charge < -0.3 is 0 Å². The maximum absolute atomic E-state index is 12.6. The average Bonchev–Trinajstić information content (AvgIpc) is 2.74. The summed E-state index contributed by atoms with van der Waals surface area (Å²) in [4.78, 5) is 12.6. The maximum Gasteiger partial charge on any atom is 0.264 e. The number of hydrogen-bond donors (Lipinski definition) is 0. The fraction of sp³-hybridized carbons (Fsp3) is 0.0625. The van der Waals surface area contributed by atoms with Gasteiger partial charge in [-0.15, -0.1) is 0 Å². The molecule has 1 aromatic heterocycles. The molecule has 2 nitrogen and oxygen atoms in total. The van der Waals surface area contributed by atoms with E-state index in [0.29, 0.717) is 10.6 Å². The van der Waals surface area contributed by atoms with Gasteiger partial charge in [0.25, 0.3) is 5.91 Å². The van der Waals surface area contributed by atoms with Gasteiger partial charge in [-0.1, -0.05) is 41.9 Å². The molecule has 3 heteroatoms. The van der Waals surface area contributed by atoms with E-state index in [1.165, 1.54) is 0 Å². The highest BCUT2D eigenvalue weighted by atomic mass is 35.5. The predicted octanol–water partition coefficient (Wildman–Crippen LogP) is 4.29. The van der Waals surface area contributed by atoms with Crippen LogP contribution in [0.4, 0.5) is 0 Å². The molecule has 0 saturated carbocycles. The SMILES string of the molecule is Cc1cc2ccccc2n1C(=O)c1ccccc1Cl. The molecule has 0 spiro atoms. The Bertz CT molecular complexity index is 773. The van der Waals surface area contributed by atoms with Crippen molar-refractivity contribution >= 4 is 28.4 Å². The van der Waals surface area contributed by atoms with Gasteiger partial charge in [-0.25, -0.2) is 0 Å². The van der Waals surface area contributed by atoms with Crippen molar-refractivity contribution in [2.45, 2.75) is 6.92 Å². The van der Waals surface area contributed by atoms with E-state index >= 15 is 0 Å². The molecular formula is C16H12ClNO. The summed E-state index contributed by atoms with van der Waals surface area (Å²) in [6, 6.07) is 17.0. The maximum atomic E-state index is 12.6. The molecule has 1 heterocycles. The predicted molar refractivity (Wildman–Crippen MR) is 77.9 cm³/mol. The van der Waals surface area contributed by atoms with Crippen LogP contribution in [0.15, 0.2) is 54.6 Å². The van der Waals surface area contributed by atoms with E-state index in [1.54, 1.807) is 16.7 Å². The van der Waals surface area contributed by atoms with Crippen molar-refractivity contribution in [1.29, 1.82) is 0 Å². The van der Waals surface area contributed by atoms with Gasteiger partial charge in [-0.2, -0.15) is 0 Å². The Kier molecular flexibility index (Phi) is 2.88. The van der Waals surface area contributed by atoms with Crippen LogP contribution in [0.5, 0.6) is 0 Å². The van der Waals surface area contributed by atoms with Crippen molar-refractivity contribution in [3.05, 3.63) is 70.9 Å². The van der Waals surface area contributed by atoms with Crippen molar-refractivity contribution in [3.63, 3.8) is 0 Å². The minimum Gasteiger partial charge on any atom is -0.280 e. The van der Waals surface area contributed by atoms with Gasteiger partial charge in [0.1, 0.15) is 0 Å². The highest BCUT2D eigenvalue weighted by Crippen LogP contribution is 2.23.